The van der Waals surface area contributed by atoms with Crippen molar-refractivity contribution in [2.45, 2.75) is 20.8 Å². The Balaban J connectivity index is 5.06. The lowest BCUT2D eigenvalue weighted by molar-refractivity contribution is 0.519. The van der Waals surface area contributed by atoms with Crippen molar-refractivity contribution < 1.29 is 0 Å². The molecule has 0 saturated carbocycles. The van der Waals surface area contributed by atoms with E-state index in [0.29, 0.717) is 5.57 Å². The summed E-state index contributed by atoms with van der Waals surface area (Å²) < 4.78 is 0. The summed E-state index contributed by atoms with van der Waals surface area (Å²) in [4.78, 5) is 0. The number of rotatable bonds is 0. The lowest BCUT2D eigenvalue weighted by atomic mass is 9.87. The molecule has 0 N–H and O–H groups in total. The van der Waals surface area contributed by atoms with Gasteiger partial charge in [-0.1, -0.05) is 32.4 Å². The molecule has 0 fully saturated rings. The number of allylic oxidation sites excluding steroid dienone is 2. The van der Waals surface area contributed by atoms with Crippen molar-refractivity contribution in [2.24, 2.45) is 5.41 Å². The lowest BCUT2D eigenvalue weighted by Crippen LogP contribution is -2.08. The van der Waals surface area contributed by atoms with Gasteiger partial charge in [0.1, 0.15) is 11.1 Å². The van der Waals surface area contributed by atoms with Gasteiger partial charge in [0.15, 0.2) is 0 Å². The van der Waals surface area contributed by atoms with Crippen molar-refractivity contribution in [3.63, 3.8) is 0 Å². The summed E-state index contributed by atoms with van der Waals surface area (Å²) in [6.45, 7) is 5.52. The average Bonchev–Trinajstić information content (AvgIpc) is 1.86. The molecule has 0 amide bonds. The molecule has 3 heteroatoms. The summed E-state index contributed by atoms with van der Waals surface area (Å²) in [5.41, 5.74) is -0.0108. The minimum Gasteiger partial charge on any atom is -0.193 e. The Bertz CT molecular complexity index is 257. The molecule has 0 aromatic heterocycles. The van der Waals surface area contributed by atoms with Gasteiger partial charge < -0.3 is 0 Å². The molecule has 0 atom stereocenters. The summed E-state index contributed by atoms with van der Waals surface area (Å²) in [5, 5.41) is 17.0. The van der Waals surface area contributed by atoms with E-state index in [9.17, 15) is 0 Å². The number of hydrogen-bond acceptors (Lipinski definition) is 2. The van der Waals surface area contributed by atoms with Crippen LogP contribution in [0.2, 0.25) is 0 Å². The minimum absolute atomic E-state index is 0.0139. The highest BCUT2D eigenvalue weighted by molar-refractivity contribution is 6.32. The normalized spacial score (nSPS) is 12.9. The molecule has 0 spiro atoms. The molecule has 0 saturated heterocycles. The number of hydrogen-bond donors (Lipinski definition) is 0. The molecular formula is C8H9ClN2. The second kappa shape index (κ2) is 3.42. The van der Waals surface area contributed by atoms with Crippen LogP contribution >= 0.6 is 11.6 Å². The van der Waals surface area contributed by atoms with E-state index in [-0.39, 0.29) is 10.4 Å². The van der Waals surface area contributed by atoms with E-state index in [1.807, 2.05) is 26.8 Å². The first-order valence-electron chi connectivity index (χ1n) is 3.14. The van der Waals surface area contributed by atoms with Crippen molar-refractivity contribution >= 4 is 11.6 Å². The molecule has 0 bridgehead atoms. The first kappa shape index (κ1) is 10.0. The topological polar surface area (TPSA) is 47.6 Å². The highest BCUT2D eigenvalue weighted by Crippen LogP contribution is 2.28. The average molecular weight is 169 g/mol. The van der Waals surface area contributed by atoms with Gasteiger partial charge in [-0.05, 0) is 5.41 Å². The SMILES string of the molecule is CC(C)(C)/C(C#N)=C(\Cl)C#N. The van der Waals surface area contributed by atoms with E-state index < -0.39 is 0 Å². The third kappa shape index (κ3) is 2.62. The first-order chi connectivity index (χ1) is 4.93. The highest BCUT2D eigenvalue weighted by Gasteiger charge is 2.20. The quantitative estimate of drug-likeness (QED) is 0.522. The largest absolute Gasteiger partial charge is 0.193 e. The van der Waals surface area contributed by atoms with E-state index in [4.69, 9.17) is 22.1 Å². The molecule has 0 radical (unpaired) electrons. The molecule has 0 aliphatic heterocycles. The second-order valence-electron chi connectivity index (χ2n) is 3.16. The van der Waals surface area contributed by atoms with Crippen LogP contribution in [0.5, 0.6) is 0 Å². The first-order valence-corrected chi connectivity index (χ1v) is 3.51. The Morgan fingerprint density at radius 2 is 1.64 bits per heavy atom. The maximum atomic E-state index is 8.62. The van der Waals surface area contributed by atoms with Crippen LogP contribution in [0.1, 0.15) is 20.8 Å². The number of halogens is 1. The van der Waals surface area contributed by atoms with Crippen LogP contribution in [-0.2, 0) is 0 Å². The summed E-state index contributed by atoms with van der Waals surface area (Å²) in [6.07, 6.45) is 0. The van der Waals surface area contributed by atoms with E-state index in [1.54, 1.807) is 6.07 Å². The molecule has 11 heavy (non-hydrogen) atoms. The van der Waals surface area contributed by atoms with Gasteiger partial charge in [0.25, 0.3) is 0 Å². The van der Waals surface area contributed by atoms with Gasteiger partial charge >= 0.3 is 0 Å². The fraction of sp³-hybridized carbons (Fsp3) is 0.500. The molecule has 0 unspecified atom stereocenters. The second-order valence-corrected chi connectivity index (χ2v) is 3.54. The van der Waals surface area contributed by atoms with Gasteiger partial charge in [0.2, 0.25) is 0 Å². The van der Waals surface area contributed by atoms with Crippen LogP contribution in [0.3, 0.4) is 0 Å². The standard InChI is InChI=1S/C8H9ClN2/c1-8(2,3)6(4-10)7(9)5-11/h1-3H3/b7-6-. The van der Waals surface area contributed by atoms with E-state index >= 15 is 0 Å². The van der Waals surface area contributed by atoms with Crippen LogP contribution < -0.4 is 0 Å². The van der Waals surface area contributed by atoms with Crippen molar-refractivity contribution in [3.8, 4) is 12.1 Å². The fourth-order valence-electron chi connectivity index (χ4n) is 0.602. The van der Waals surface area contributed by atoms with Gasteiger partial charge in [-0.3, -0.25) is 0 Å². The van der Waals surface area contributed by atoms with Crippen LogP contribution in [-0.4, -0.2) is 0 Å². The zero-order valence-electron chi connectivity index (χ0n) is 6.77. The molecule has 0 rings (SSSR count). The van der Waals surface area contributed by atoms with E-state index in [2.05, 4.69) is 0 Å². The van der Waals surface area contributed by atoms with Gasteiger partial charge in [-0.15, -0.1) is 0 Å². The summed E-state index contributed by atoms with van der Waals surface area (Å²) in [5.74, 6) is 0. The number of nitrogens with zero attached hydrogens (tertiary/aromatic N) is 2. The predicted molar refractivity (Wildman–Crippen MR) is 43.6 cm³/mol. The molecule has 0 aliphatic rings. The fourth-order valence-corrected chi connectivity index (χ4v) is 0.928. The summed E-state index contributed by atoms with van der Waals surface area (Å²) in [7, 11) is 0. The Kier molecular flexibility index (Phi) is 3.11. The zero-order valence-corrected chi connectivity index (χ0v) is 7.53. The molecule has 2 nitrogen and oxygen atoms in total. The van der Waals surface area contributed by atoms with Gasteiger partial charge in [-0.2, -0.15) is 10.5 Å². The zero-order chi connectivity index (χ0) is 9.07. The smallest absolute Gasteiger partial charge is 0.132 e. The van der Waals surface area contributed by atoms with E-state index in [0.717, 1.165) is 0 Å². The van der Waals surface area contributed by atoms with Crippen LogP contribution in [0.25, 0.3) is 0 Å². The Hall–Kier alpha value is -0.990. The minimum atomic E-state index is -0.346. The molecule has 0 aromatic carbocycles. The monoisotopic (exact) mass is 168 g/mol. The third-order valence-corrected chi connectivity index (χ3v) is 1.45. The van der Waals surface area contributed by atoms with Crippen LogP contribution in [0, 0.1) is 28.1 Å². The van der Waals surface area contributed by atoms with Crippen molar-refractivity contribution in [1.82, 2.24) is 0 Å². The van der Waals surface area contributed by atoms with Gasteiger partial charge in [0.05, 0.1) is 11.6 Å². The van der Waals surface area contributed by atoms with Crippen LogP contribution in [0.4, 0.5) is 0 Å². The molecule has 58 valence electrons. The van der Waals surface area contributed by atoms with Crippen molar-refractivity contribution in [2.75, 3.05) is 0 Å². The number of nitriles is 2. The van der Waals surface area contributed by atoms with Crippen LogP contribution in [0.15, 0.2) is 10.6 Å². The Labute approximate surface area is 71.7 Å². The van der Waals surface area contributed by atoms with Gasteiger partial charge in [0, 0.05) is 0 Å². The summed E-state index contributed by atoms with van der Waals surface area (Å²) in [6, 6.07) is 3.66. The maximum absolute atomic E-state index is 8.62. The predicted octanol–water partition coefficient (Wildman–Crippen LogP) is 2.57. The summed E-state index contributed by atoms with van der Waals surface area (Å²) >= 11 is 5.51. The van der Waals surface area contributed by atoms with Crippen molar-refractivity contribution in [1.29, 1.82) is 10.5 Å². The van der Waals surface area contributed by atoms with Crippen molar-refractivity contribution in [3.05, 3.63) is 10.6 Å². The highest BCUT2D eigenvalue weighted by atomic mass is 35.5. The molecular weight excluding hydrogens is 160 g/mol. The lowest BCUT2D eigenvalue weighted by Gasteiger charge is -2.16. The molecule has 0 aromatic rings. The molecule has 0 heterocycles. The Morgan fingerprint density at radius 3 is 1.73 bits per heavy atom. The van der Waals surface area contributed by atoms with E-state index in [1.165, 1.54) is 0 Å². The Morgan fingerprint density at radius 1 is 1.18 bits per heavy atom. The van der Waals surface area contributed by atoms with Gasteiger partial charge in [-0.25, -0.2) is 0 Å². The maximum Gasteiger partial charge on any atom is 0.132 e. The molecule has 0 aliphatic carbocycles. The third-order valence-electron chi connectivity index (χ3n) is 1.18.